The van der Waals surface area contributed by atoms with E-state index in [9.17, 15) is 0 Å². The molecule has 1 N–H and O–H groups in total. The Morgan fingerprint density at radius 3 is 2.84 bits per heavy atom. The van der Waals surface area contributed by atoms with Gasteiger partial charge in [-0.15, -0.1) is 10.2 Å². The molecule has 0 unspecified atom stereocenters. The van der Waals surface area contributed by atoms with Crippen LogP contribution in [0.2, 0.25) is 0 Å². The van der Waals surface area contributed by atoms with Gasteiger partial charge in [0, 0.05) is 17.6 Å². The standard InChI is InChI=1S/C18H15N7/c1-12-10-16-20-18(13-6-2-3-7-14(13)25(16)23-12)19-11-17-22-21-15-8-4-5-9-24(15)17/h2-10H,11H2,1H3,(H,19,20). The maximum absolute atomic E-state index is 4.74. The summed E-state index contributed by atoms with van der Waals surface area (Å²) >= 11 is 0. The van der Waals surface area contributed by atoms with Crippen molar-refractivity contribution in [2.75, 3.05) is 5.32 Å². The van der Waals surface area contributed by atoms with E-state index in [4.69, 9.17) is 4.98 Å². The van der Waals surface area contributed by atoms with Crippen LogP contribution in [-0.4, -0.2) is 29.2 Å². The molecule has 0 bridgehead atoms. The largest absolute Gasteiger partial charge is 0.362 e. The van der Waals surface area contributed by atoms with E-state index in [0.717, 1.165) is 39.5 Å². The molecule has 0 amide bonds. The molecule has 0 saturated heterocycles. The van der Waals surface area contributed by atoms with Crippen LogP contribution < -0.4 is 5.32 Å². The Kier molecular flexibility index (Phi) is 2.93. The van der Waals surface area contributed by atoms with Crippen LogP contribution in [0, 0.1) is 6.92 Å². The minimum atomic E-state index is 0.533. The van der Waals surface area contributed by atoms with Crippen molar-refractivity contribution in [1.29, 1.82) is 0 Å². The van der Waals surface area contributed by atoms with E-state index in [1.807, 2.05) is 70.6 Å². The first-order chi connectivity index (χ1) is 12.3. The van der Waals surface area contributed by atoms with Gasteiger partial charge in [-0.25, -0.2) is 9.50 Å². The van der Waals surface area contributed by atoms with Crippen LogP contribution in [0.4, 0.5) is 5.82 Å². The van der Waals surface area contributed by atoms with Crippen LogP contribution in [-0.2, 0) is 6.54 Å². The second-order valence-corrected chi connectivity index (χ2v) is 5.93. The second-order valence-electron chi connectivity index (χ2n) is 5.93. The van der Waals surface area contributed by atoms with Gasteiger partial charge in [0.1, 0.15) is 5.82 Å². The van der Waals surface area contributed by atoms with Gasteiger partial charge in [-0.3, -0.25) is 4.40 Å². The number of anilines is 1. The van der Waals surface area contributed by atoms with Crippen molar-refractivity contribution in [2.24, 2.45) is 0 Å². The summed E-state index contributed by atoms with van der Waals surface area (Å²) in [6.07, 6.45) is 1.96. The SMILES string of the molecule is Cc1cc2nc(NCc3nnc4ccccn34)c3ccccc3n2n1. The molecule has 5 rings (SSSR count). The summed E-state index contributed by atoms with van der Waals surface area (Å²) in [5.41, 5.74) is 3.62. The van der Waals surface area contributed by atoms with Crippen LogP contribution in [0.5, 0.6) is 0 Å². The Hall–Kier alpha value is -3.48. The summed E-state index contributed by atoms with van der Waals surface area (Å²) in [6.45, 7) is 2.50. The van der Waals surface area contributed by atoms with Gasteiger partial charge in [0.25, 0.3) is 0 Å². The summed E-state index contributed by atoms with van der Waals surface area (Å²) in [7, 11) is 0. The molecule has 0 aliphatic heterocycles. The minimum Gasteiger partial charge on any atom is -0.362 e. The summed E-state index contributed by atoms with van der Waals surface area (Å²) in [4.78, 5) is 4.74. The number of fused-ring (bicyclic) bond motifs is 4. The van der Waals surface area contributed by atoms with Crippen molar-refractivity contribution in [1.82, 2.24) is 29.2 Å². The third-order valence-corrected chi connectivity index (χ3v) is 4.22. The molecule has 0 spiro atoms. The third kappa shape index (κ3) is 2.20. The van der Waals surface area contributed by atoms with Gasteiger partial charge in [0.05, 0.1) is 17.8 Å². The first-order valence-corrected chi connectivity index (χ1v) is 8.07. The average Bonchev–Trinajstić information content (AvgIpc) is 3.22. The molecule has 0 atom stereocenters. The third-order valence-electron chi connectivity index (χ3n) is 4.22. The van der Waals surface area contributed by atoms with Gasteiger partial charge in [-0.2, -0.15) is 5.10 Å². The van der Waals surface area contributed by atoms with E-state index in [0.29, 0.717) is 6.54 Å². The summed E-state index contributed by atoms with van der Waals surface area (Å²) < 4.78 is 3.85. The Morgan fingerprint density at radius 2 is 1.88 bits per heavy atom. The van der Waals surface area contributed by atoms with Crippen molar-refractivity contribution in [3.8, 4) is 0 Å². The normalized spacial score (nSPS) is 11.6. The molecule has 0 radical (unpaired) electrons. The van der Waals surface area contributed by atoms with E-state index >= 15 is 0 Å². The molecule has 4 aromatic heterocycles. The highest BCUT2D eigenvalue weighted by Crippen LogP contribution is 2.23. The monoisotopic (exact) mass is 329 g/mol. The Morgan fingerprint density at radius 1 is 1.00 bits per heavy atom. The molecule has 7 nitrogen and oxygen atoms in total. The number of nitrogens with one attached hydrogen (secondary N) is 1. The number of aromatic nitrogens is 6. The quantitative estimate of drug-likeness (QED) is 0.551. The lowest BCUT2D eigenvalue weighted by atomic mass is 10.2. The molecule has 0 aliphatic carbocycles. The molecule has 4 heterocycles. The molecular weight excluding hydrogens is 314 g/mol. The van der Waals surface area contributed by atoms with Gasteiger partial charge in [-0.1, -0.05) is 18.2 Å². The van der Waals surface area contributed by atoms with Gasteiger partial charge in [0.2, 0.25) is 0 Å². The van der Waals surface area contributed by atoms with Crippen LogP contribution in [0.1, 0.15) is 11.5 Å². The number of rotatable bonds is 3. The Balaban J connectivity index is 1.59. The van der Waals surface area contributed by atoms with Crippen molar-refractivity contribution < 1.29 is 0 Å². The molecule has 5 aromatic rings. The number of hydrogen-bond donors (Lipinski definition) is 1. The van der Waals surface area contributed by atoms with Gasteiger partial charge in [0.15, 0.2) is 17.1 Å². The van der Waals surface area contributed by atoms with Crippen LogP contribution in [0.25, 0.3) is 22.2 Å². The zero-order chi connectivity index (χ0) is 16.8. The zero-order valence-electron chi connectivity index (χ0n) is 13.6. The van der Waals surface area contributed by atoms with Crippen molar-refractivity contribution >= 4 is 28.0 Å². The first-order valence-electron chi connectivity index (χ1n) is 8.07. The highest BCUT2D eigenvalue weighted by Gasteiger charge is 2.11. The van der Waals surface area contributed by atoms with Crippen LogP contribution >= 0.6 is 0 Å². The predicted molar refractivity (Wildman–Crippen MR) is 95.5 cm³/mol. The summed E-state index contributed by atoms with van der Waals surface area (Å²) in [5.74, 6) is 1.65. The lowest BCUT2D eigenvalue weighted by Crippen LogP contribution is -2.07. The fourth-order valence-electron chi connectivity index (χ4n) is 3.09. The summed E-state index contributed by atoms with van der Waals surface area (Å²) in [6, 6.07) is 15.9. The average molecular weight is 329 g/mol. The van der Waals surface area contributed by atoms with Gasteiger partial charge < -0.3 is 5.32 Å². The number of nitrogens with zero attached hydrogens (tertiary/aromatic N) is 6. The van der Waals surface area contributed by atoms with Gasteiger partial charge >= 0.3 is 0 Å². The maximum atomic E-state index is 4.74. The first kappa shape index (κ1) is 13.9. The number of hydrogen-bond acceptors (Lipinski definition) is 5. The van der Waals surface area contributed by atoms with Crippen molar-refractivity contribution in [2.45, 2.75) is 13.5 Å². The fourth-order valence-corrected chi connectivity index (χ4v) is 3.09. The second kappa shape index (κ2) is 5.27. The van der Waals surface area contributed by atoms with Crippen LogP contribution in [0.15, 0.2) is 54.7 Å². The van der Waals surface area contributed by atoms with E-state index < -0.39 is 0 Å². The molecular formula is C18H15N7. The molecule has 0 saturated carbocycles. The predicted octanol–water partition coefficient (Wildman–Crippen LogP) is 2.85. The number of aryl methyl sites for hydroxylation is 1. The van der Waals surface area contributed by atoms with Gasteiger partial charge in [-0.05, 0) is 31.2 Å². The zero-order valence-corrected chi connectivity index (χ0v) is 13.6. The molecule has 0 fully saturated rings. The van der Waals surface area contributed by atoms with E-state index in [1.54, 1.807) is 0 Å². The fraction of sp³-hybridized carbons (Fsp3) is 0.111. The number of para-hydroxylation sites is 1. The molecule has 122 valence electrons. The van der Waals surface area contributed by atoms with Crippen molar-refractivity contribution in [3.63, 3.8) is 0 Å². The smallest absolute Gasteiger partial charge is 0.160 e. The Bertz CT molecular complexity index is 1220. The van der Waals surface area contributed by atoms with E-state index in [-0.39, 0.29) is 0 Å². The lowest BCUT2D eigenvalue weighted by molar-refractivity contribution is 0.909. The number of pyridine rings is 1. The maximum Gasteiger partial charge on any atom is 0.160 e. The van der Waals surface area contributed by atoms with Crippen molar-refractivity contribution in [3.05, 3.63) is 66.2 Å². The number of benzene rings is 1. The molecule has 25 heavy (non-hydrogen) atoms. The minimum absolute atomic E-state index is 0.533. The topological polar surface area (TPSA) is 72.4 Å². The molecule has 7 heteroatoms. The molecule has 0 aliphatic rings. The Labute approximate surface area is 143 Å². The highest BCUT2D eigenvalue weighted by molar-refractivity contribution is 5.91. The lowest BCUT2D eigenvalue weighted by Gasteiger charge is -2.09. The van der Waals surface area contributed by atoms with Crippen LogP contribution in [0.3, 0.4) is 0 Å². The van der Waals surface area contributed by atoms with E-state index in [1.165, 1.54) is 0 Å². The molecule has 1 aromatic carbocycles. The summed E-state index contributed by atoms with van der Waals surface area (Å²) in [5, 5.41) is 17.4. The highest BCUT2D eigenvalue weighted by atomic mass is 15.3. The van der Waals surface area contributed by atoms with E-state index in [2.05, 4.69) is 20.6 Å².